The number of aromatic hydroxyl groups is 1. The van der Waals surface area contributed by atoms with Crippen molar-refractivity contribution >= 4 is 11.0 Å². The molecule has 0 fully saturated rings. The standard InChI is InChI=1S/C8H9N3O/c9-2-5-3-10-8-7(5)1-6(12)4-11-8/h1,3-4,12H,2,9H2,(H,10,11). The first-order valence-electron chi connectivity index (χ1n) is 3.66. The lowest BCUT2D eigenvalue weighted by Gasteiger charge is -1.93. The number of hydrogen-bond donors (Lipinski definition) is 3. The second-order valence-electron chi connectivity index (χ2n) is 2.61. The molecule has 0 aliphatic rings. The Bertz CT molecular complexity index is 408. The summed E-state index contributed by atoms with van der Waals surface area (Å²) in [6.07, 6.45) is 3.20. The van der Waals surface area contributed by atoms with Gasteiger partial charge in [0.1, 0.15) is 11.4 Å². The van der Waals surface area contributed by atoms with Gasteiger partial charge in [0.25, 0.3) is 0 Å². The van der Waals surface area contributed by atoms with Gasteiger partial charge in [-0.1, -0.05) is 0 Å². The Hall–Kier alpha value is -1.55. The highest BCUT2D eigenvalue weighted by molar-refractivity contribution is 5.80. The molecule has 2 aromatic rings. The van der Waals surface area contributed by atoms with Crippen LogP contribution in [0.15, 0.2) is 18.5 Å². The summed E-state index contributed by atoms with van der Waals surface area (Å²) in [5.41, 5.74) is 7.20. The van der Waals surface area contributed by atoms with Crippen molar-refractivity contribution in [3.63, 3.8) is 0 Å². The Kier molecular flexibility index (Phi) is 1.48. The molecule has 0 bridgehead atoms. The maximum absolute atomic E-state index is 9.15. The zero-order valence-corrected chi connectivity index (χ0v) is 6.41. The molecule has 2 heterocycles. The predicted molar refractivity (Wildman–Crippen MR) is 45.6 cm³/mol. The second kappa shape index (κ2) is 2.49. The van der Waals surface area contributed by atoms with E-state index in [1.54, 1.807) is 12.3 Å². The molecule has 2 rings (SSSR count). The van der Waals surface area contributed by atoms with E-state index < -0.39 is 0 Å². The van der Waals surface area contributed by atoms with E-state index >= 15 is 0 Å². The van der Waals surface area contributed by atoms with Crippen LogP contribution in [-0.4, -0.2) is 15.1 Å². The van der Waals surface area contributed by atoms with Crippen LogP contribution in [0.4, 0.5) is 0 Å². The predicted octanol–water partition coefficient (Wildman–Crippen LogP) is 0.727. The zero-order valence-electron chi connectivity index (χ0n) is 6.41. The summed E-state index contributed by atoms with van der Waals surface area (Å²) >= 11 is 0. The summed E-state index contributed by atoms with van der Waals surface area (Å²) < 4.78 is 0. The first-order chi connectivity index (χ1) is 5.81. The number of pyridine rings is 1. The number of rotatable bonds is 1. The summed E-state index contributed by atoms with van der Waals surface area (Å²) in [5.74, 6) is 0.164. The smallest absolute Gasteiger partial charge is 0.137 e. The van der Waals surface area contributed by atoms with Gasteiger partial charge < -0.3 is 15.8 Å². The molecule has 0 unspecified atom stereocenters. The number of fused-ring (bicyclic) bond motifs is 1. The van der Waals surface area contributed by atoms with Crippen LogP contribution in [0.2, 0.25) is 0 Å². The van der Waals surface area contributed by atoms with Gasteiger partial charge in [0.15, 0.2) is 0 Å². The zero-order chi connectivity index (χ0) is 8.55. The van der Waals surface area contributed by atoms with Gasteiger partial charge >= 0.3 is 0 Å². The molecule has 0 radical (unpaired) electrons. The topological polar surface area (TPSA) is 74.9 Å². The molecular weight excluding hydrogens is 154 g/mol. The highest BCUT2D eigenvalue weighted by Gasteiger charge is 2.02. The van der Waals surface area contributed by atoms with Crippen LogP contribution in [0.3, 0.4) is 0 Å². The average Bonchev–Trinajstić information content (AvgIpc) is 2.46. The Morgan fingerprint density at radius 1 is 1.58 bits per heavy atom. The first kappa shape index (κ1) is 7.12. The van der Waals surface area contributed by atoms with E-state index in [2.05, 4.69) is 9.97 Å². The lowest BCUT2D eigenvalue weighted by Crippen LogP contribution is -1.93. The summed E-state index contributed by atoms with van der Waals surface area (Å²) in [6.45, 7) is 0.450. The van der Waals surface area contributed by atoms with E-state index in [-0.39, 0.29) is 5.75 Å². The highest BCUT2D eigenvalue weighted by Crippen LogP contribution is 2.19. The molecule has 0 amide bonds. The van der Waals surface area contributed by atoms with E-state index in [1.165, 1.54) is 6.20 Å². The first-order valence-corrected chi connectivity index (χ1v) is 3.66. The van der Waals surface area contributed by atoms with E-state index in [0.29, 0.717) is 6.54 Å². The van der Waals surface area contributed by atoms with Crippen molar-refractivity contribution in [3.8, 4) is 5.75 Å². The fourth-order valence-electron chi connectivity index (χ4n) is 1.22. The molecule has 62 valence electrons. The summed E-state index contributed by atoms with van der Waals surface area (Å²) in [5, 5.41) is 10.0. The monoisotopic (exact) mass is 163 g/mol. The third-order valence-corrected chi connectivity index (χ3v) is 1.82. The minimum Gasteiger partial charge on any atom is -0.506 e. The van der Waals surface area contributed by atoms with Crippen LogP contribution < -0.4 is 5.73 Å². The molecule has 0 aliphatic carbocycles. The van der Waals surface area contributed by atoms with Crippen LogP contribution in [0.1, 0.15) is 5.56 Å². The number of nitrogens with two attached hydrogens (primary N) is 1. The van der Waals surface area contributed by atoms with Gasteiger partial charge in [-0.3, -0.25) is 0 Å². The lowest BCUT2D eigenvalue weighted by molar-refractivity contribution is 0.474. The third kappa shape index (κ3) is 0.931. The lowest BCUT2D eigenvalue weighted by atomic mass is 10.2. The molecule has 0 aliphatic heterocycles. The van der Waals surface area contributed by atoms with E-state index in [4.69, 9.17) is 10.8 Å². The normalized spacial score (nSPS) is 10.8. The fraction of sp³-hybridized carbons (Fsp3) is 0.125. The summed E-state index contributed by atoms with van der Waals surface area (Å²) in [7, 11) is 0. The van der Waals surface area contributed by atoms with Gasteiger partial charge in [0, 0.05) is 18.1 Å². The third-order valence-electron chi connectivity index (χ3n) is 1.82. The van der Waals surface area contributed by atoms with Crippen molar-refractivity contribution in [1.82, 2.24) is 9.97 Å². The Balaban J connectivity index is 2.75. The number of H-pyrrole nitrogens is 1. The number of hydrogen-bond acceptors (Lipinski definition) is 3. The molecule has 0 saturated carbocycles. The Labute approximate surface area is 69.0 Å². The van der Waals surface area contributed by atoms with E-state index in [0.717, 1.165) is 16.6 Å². The van der Waals surface area contributed by atoms with Gasteiger partial charge in [-0.15, -0.1) is 0 Å². The molecule has 4 nitrogen and oxygen atoms in total. The van der Waals surface area contributed by atoms with Crippen molar-refractivity contribution in [2.45, 2.75) is 6.54 Å². The number of aromatic nitrogens is 2. The maximum atomic E-state index is 9.15. The largest absolute Gasteiger partial charge is 0.506 e. The van der Waals surface area contributed by atoms with Gasteiger partial charge in [0.05, 0.1) is 6.20 Å². The number of aromatic amines is 1. The minimum absolute atomic E-state index is 0.164. The van der Waals surface area contributed by atoms with Crippen LogP contribution in [0, 0.1) is 0 Å². The van der Waals surface area contributed by atoms with E-state index in [9.17, 15) is 0 Å². The van der Waals surface area contributed by atoms with Crippen molar-refractivity contribution in [2.24, 2.45) is 5.73 Å². The fourth-order valence-corrected chi connectivity index (χ4v) is 1.22. The second-order valence-corrected chi connectivity index (χ2v) is 2.61. The molecule has 2 aromatic heterocycles. The molecule has 4 N–H and O–H groups in total. The molecular formula is C8H9N3O. The van der Waals surface area contributed by atoms with Crippen molar-refractivity contribution in [3.05, 3.63) is 24.0 Å². The molecule has 12 heavy (non-hydrogen) atoms. The Morgan fingerprint density at radius 2 is 2.42 bits per heavy atom. The molecule has 0 spiro atoms. The van der Waals surface area contributed by atoms with Crippen molar-refractivity contribution < 1.29 is 5.11 Å². The van der Waals surface area contributed by atoms with Crippen LogP contribution in [0.25, 0.3) is 11.0 Å². The molecule has 0 aromatic carbocycles. The van der Waals surface area contributed by atoms with E-state index in [1.807, 2.05) is 0 Å². The Morgan fingerprint density at radius 3 is 3.17 bits per heavy atom. The molecule has 4 heteroatoms. The van der Waals surface area contributed by atoms with Crippen LogP contribution in [-0.2, 0) is 6.54 Å². The van der Waals surface area contributed by atoms with Crippen LogP contribution >= 0.6 is 0 Å². The minimum atomic E-state index is 0.164. The van der Waals surface area contributed by atoms with Gasteiger partial charge in [-0.25, -0.2) is 4.98 Å². The van der Waals surface area contributed by atoms with Gasteiger partial charge in [-0.05, 0) is 11.6 Å². The van der Waals surface area contributed by atoms with Crippen molar-refractivity contribution in [1.29, 1.82) is 0 Å². The van der Waals surface area contributed by atoms with Crippen LogP contribution in [0.5, 0.6) is 5.75 Å². The quantitative estimate of drug-likeness (QED) is 0.580. The summed E-state index contributed by atoms with van der Waals surface area (Å²) in [4.78, 5) is 6.95. The van der Waals surface area contributed by atoms with Crippen molar-refractivity contribution in [2.75, 3.05) is 0 Å². The SMILES string of the molecule is NCc1c[nH]c2ncc(O)cc12. The molecule has 0 atom stereocenters. The maximum Gasteiger partial charge on any atom is 0.137 e. The average molecular weight is 163 g/mol. The molecule has 0 saturated heterocycles. The highest BCUT2D eigenvalue weighted by atomic mass is 16.3. The number of nitrogens with one attached hydrogen (secondary N) is 1. The summed E-state index contributed by atoms with van der Waals surface area (Å²) in [6, 6.07) is 1.65. The van der Waals surface area contributed by atoms with Gasteiger partial charge in [-0.2, -0.15) is 0 Å². The van der Waals surface area contributed by atoms with Gasteiger partial charge in [0.2, 0.25) is 0 Å². The number of nitrogens with zero attached hydrogens (tertiary/aromatic N) is 1.